The van der Waals surface area contributed by atoms with E-state index in [-0.39, 0.29) is 18.4 Å². The fourth-order valence-electron chi connectivity index (χ4n) is 5.69. The Bertz CT molecular complexity index is 1230. The van der Waals surface area contributed by atoms with Crippen LogP contribution in [-0.2, 0) is 19.7 Å². The number of fused-ring (bicyclic) bond motifs is 2. The van der Waals surface area contributed by atoms with Crippen molar-refractivity contribution in [3.8, 4) is 11.3 Å². The lowest BCUT2D eigenvalue weighted by molar-refractivity contribution is -0.170. The molecular weight excluding hydrogens is 439 g/mol. The summed E-state index contributed by atoms with van der Waals surface area (Å²) in [4.78, 5) is 30.4. The number of carboxylic acids is 1. The van der Waals surface area contributed by atoms with E-state index in [9.17, 15) is 19.1 Å². The van der Waals surface area contributed by atoms with E-state index in [1.807, 2.05) is 43.1 Å². The largest absolute Gasteiger partial charge is 0.481 e. The molecule has 0 spiro atoms. The Morgan fingerprint density at radius 1 is 1.24 bits per heavy atom. The van der Waals surface area contributed by atoms with E-state index in [1.54, 1.807) is 6.07 Å². The first-order chi connectivity index (χ1) is 16.3. The summed E-state index contributed by atoms with van der Waals surface area (Å²) in [5.41, 5.74) is 2.06. The highest BCUT2D eigenvalue weighted by atomic mass is 19.1. The number of benzene rings is 1. The second-order valence-electron chi connectivity index (χ2n) is 9.96. The molecule has 2 aliphatic rings. The minimum atomic E-state index is -0.856. The van der Waals surface area contributed by atoms with Crippen LogP contribution in [0, 0.1) is 11.9 Å². The molecule has 7 nitrogen and oxygen atoms in total. The molecule has 3 atom stereocenters. The molecule has 0 radical (unpaired) electrons. The number of morpholine rings is 1. The Morgan fingerprint density at radius 3 is 2.79 bits per heavy atom. The lowest BCUT2D eigenvalue weighted by Crippen LogP contribution is -2.59. The van der Waals surface area contributed by atoms with Crippen LogP contribution in [0.2, 0.25) is 0 Å². The molecule has 1 aliphatic carbocycles. The highest BCUT2D eigenvalue weighted by Crippen LogP contribution is 2.40. The number of hydrogen-bond acceptors (Lipinski definition) is 4. The van der Waals surface area contributed by atoms with Crippen molar-refractivity contribution in [3.05, 3.63) is 48.1 Å². The van der Waals surface area contributed by atoms with Crippen LogP contribution < -0.4 is 0 Å². The monoisotopic (exact) mass is 468 g/mol. The normalized spacial score (nSPS) is 23.1. The number of H-pyrrole nitrogens is 1. The Hall–Kier alpha value is -3.13. The number of nitrogens with zero attached hydrogens (tertiary/aromatic N) is 1. The quantitative estimate of drug-likeness (QED) is 0.565. The van der Waals surface area contributed by atoms with Gasteiger partial charge in [-0.15, -0.1) is 0 Å². The number of furan rings is 1. The number of carbonyl (C=O) groups excluding carboxylic acids is 1. The summed E-state index contributed by atoms with van der Waals surface area (Å²) >= 11 is 0. The van der Waals surface area contributed by atoms with Crippen LogP contribution in [0.15, 0.2) is 40.9 Å². The predicted octanol–water partition coefficient (Wildman–Crippen LogP) is 4.72. The van der Waals surface area contributed by atoms with Crippen molar-refractivity contribution in [2.45, 2.75) is 57.1 Å². The maximum atomic E-state index is 13.6. The van der Waals surface area contributed by atoms with Gasteiger partial charge in [-0.3, -0.25) is 9.59 Å². The van der Waals surface area contributed by atoms with Gasteiger partial charge in [0.15, 0.2) is 0 Å². The molecule has 1 amide bonds. The van der Waals surface area contributed by atoms with Crippen LogP contribution in [0.1, 0.15) is 45.1 Å². The second-order valence-corrected chi connectivity index (χ2v) is 9.96. The first-order valence-electron chi connectivity index (χ1n) is 11.8. The van der Waals surface area contributed by atoms with Gasteiger partial charge in [-0.1, -0.05) is 32.4 Å². The molecule has 1 aromatic carbocycles. The number of rotatable bonds is 5. The Labute approximate surface area is 196 Å². The lowest BCUT2D eigenvalue weighted by atomic mass is 9.78. The molecular formula is C26H29FN2O5. The van der Waals surface area contributed by atoms with Gasteiger partial charge in [0.2, 0.25) is 5.91 Å². The second kappa shape index (κ2) is 8.58. The molecule has 1 saturated heterocycles. The molecule has 1 aliphatic heterocycles. The van der Waals surface area contributed by atoms with Crippen LogP contribution >= 0.6 is 0 Å². The third-order valence-electron chi connectivity index (χ3n) is 7.34. The topological polar surface area (TPSA) is 95.8 Å². The Kier molecular flexibility index (Phi) is 5.72. The van der Waals surface area contributed by atoms with Crippen LogP contribution in [0.25, 0.3) is 22.2 Å². The van der Waals surface area contributed by atoms with Gasteiger partial charge in [-0.25, -0.2) is 0 Å². The SMILES string of the molecule is CC(C)(CC(=O)N1CCOC2C(C(=O)O)CCCC21)c1c[nH]c2cccc(-c3ccc(F)o3)c12. The maximum absolute atomic E-state index is 13.6. The molecule has 2 fully saturated rings. The third kappa shape index (κ3) is 3.90. The highest BCUT2D eigenvalue weighted by Gasteiger charge is 2.45. The van der Waals surface area contributed by atoms with E-state index in [0.717, 1.165) is 34.9 Å². The standard InChI is InChI=1S/C26H29FN2O5/c1-26(2,13-22(30)29-11-12-33-24-16(25(31)32)6-4-8-19(24)29)17-14-28-18-7-3-5-15(23(17)18)20-9-10-21(27)34-20/h3,5,7,9-10,14,16,19,24,28H,4,6,8,11-13H2,1-2H3,(H,31,32). The first kappa shape index (κ1) is 22.7. The number of amides is 1. The van der Waals surface area contributed by atoms with E-state index in [4.69, 9.17) is 9.15 Å². The molecule has 2 N–H and O–H groups in total. The number of halogens is 1. The predicted molar refractivity (Wildman–Crippen MR) is 124 cm³/mol. The number of ether oxygens (including phenoxy) is 1. The van der Waals surface area contributed by atoms with Crippen LogP contribution in [0.4, 0.5) is 4.39 Å². The van der Waals surface area contributed by atoms with Crippen molar-refractivity contribution >= 4 is 22.8 Å². The summed E-state index contributed by atoms with van der Waals surface area (Å²) in [6.07, 6.45) is 3.80. The minimum absolute atomic E-state index is 0.00906. The summed E-state index contributed by atoms with van der Waals surface area (Å²) in [7, 11) is 0. The highest BCUT2D eigenvalue weighted by molar-refractivity contribution is 5.97. The number of hydrogen-bond donors (Lipinski definition) is 2. The third-order valence-corrected chi connectivity index (χ3v) is 7.34. The van der Waals surface area contributed by atoms with Gasteiger partial charge in [0.05, 0.1) is 24.7 Å². The number of aliphatic carboxylic acids is 1. The van der Waals surface area contributed by atoms with E-state index in [2.05, 4.69) is 4.98 Å². The number of carboxylic acid groups (broad SMARTS) is 1. The van der Waals surface area contributed by atoms with Crippen molar-refractivity contribution in [2.75, 3.05) is 13.2 Å². The van der Waals surface area contributed by atoms with Crippen LogP contribution in [-0.4, -0.2) is 52.2 Å². The molecule has 180 valence electrons. The molecule has 0 bridgehead atoms. The smallest absolute Gasteiger partial charge is 0.309 e. The average molecular weight is 469 g/mol. The molecule has 2 aromatic heterocycles. The molecule has 1 saturated carbocycles. The van der Waals surface area contributed by atoms with Crippen molar-refractivity contribution in [2.24, 2.45) is 5.92 Å². The van der Waals surface area contributed by atoms with Gasteiger partial charge in [0.1, 0.15) is 5.76 Å². The average Bonchev–Trinajstić information content (AvgIpc) is 3.44. The molecule has 8 heteroatoms. The zero-order chi connectivity index (χ0) is 24.0. The van der Waals surface area contributed by atoms with Gasteiger partial charge >= 0.3 is 5.97 Å². The first-order valence-corrected chi connectivity index (χ1v) is 11.8. The summed E-state index contributed by atoms with van der Waals surface area (Å²) in [6.45, 7) is 4.85. The molecule has 3 heterocycles. The van der Waals surface area contributed by atoms with Crippen LogP contribution in [0.5, 0.6) is 0 Å². The van der Waals surface area contributed by atoms with Gasteiger partial charge in [-0.2, -0.15) is 4.39 Å². The summed E-state index contributed by atoms with van der Waals surface area (Å²) in [5.74, 6) is -1.01. The maximum Gasteiger partial charge on any atom is 0.309 e. The van der Waals surface area contributed by atoms with E-state index < -0.39 is 29.4 Å². The van der Waals surface area contributed by atoms with E-state index in [0.29, 0.717) is 25.3 Å². The Balaban J connectivity index is 1.44. The van der Waals surface area contributed by atoms with Gasteiger partial charge in [0.25, 0.3) is 6.01 Å². The number of aromatic nitrogens is 1. The lowest BCUT2D eigenvalue weighted by Gasteiger charge is -2.46. The van der Waals surface area contributed by atoms with Crippen molar-refractivity contribution in [1.82, 2.24) is 9.88 Å². The number of carbonyl (C=O) groups is 2. The number of aromatic amines is 1. The van der Waals surface area contributed by atoms with Crippen molar-refractivity contribution in [3.63, 3.8) is 0 Å². The fraction of sp³-hybridized carbons (Fsp3) is 0.462. The van der Waals surface area contributed by atoms with Gasteiger partial charge in [0, 0.05) is 47.1 Å². The van der Waals surface area contributed by atoms with E-state index in [1.165, 1.54) is 6.07 Å². The molecule has 5 rings (SSSR count). The zero-order valence-electron chi connectivity index (χ0n) is 19.3. The van der Waals surface area contributed by atoms with Crippen molar-refractivity contribution in [1.29, 1.82) is 0 Å². The fourth-order valence-corrected chi connectivity index (χ4v) is 5.69. The van der Waals surface area contributed by atoms with Gasteiger partial charge in [-0.05, 0) is 30.5 Å². The molecule has 3 unspecified atom stereocenters. The molecule has 34 heavy (non-hydrogen) atoms. The van der Waals surface area contributed by atoms with Crippen molar-refractivity contribution < 1.29 is 28.2 Å². The summed E-state index contributed by atoms with van der Waals surface area (Å²) in [6, 6.07) is 7.75. The summed E-state index contributed by atoms with van der Waals surface area (Å²) in [5, 5.41) is 10.5. The minimum Gasteiger partial charge on any atom is -0.481 e. The van der Waals surface area contributed by atoms with Crippen LogP contribution in [0.3, 0.4) is 0 Å². The zero-order valence-corrected chi connectivity index (χ0v) is 19.3. The van der Waals surface area contributed by atoms with E-state index >= 15 is 0 Å². The molecule has 3 aromatic rings. The number of nitrogens with one attached hydrogen (secondary N) is 1. The van der Waals surface area contributed by atoms with Gasteiger partial charge < -0.3 is 24.1 Å². The Morgan fingerprint density at radius 2 is 2.06 bits per heavy atom. The summed E-state index contributed by atoms with van der Waals surface area (Å²) < 4.78 is 24.7.